The number of rotatable bonds is 7. The van der Waals surface area contributed by atoms with E-state index in [1.165, 1.54) is 0 Å². The lowest BCUT2D eigenvalue weighted by molar-refractivity contribution is 0.393. The Labute approximate surface area is 113 Å². The number of imidazole rings is 1. The van der Waals surface area contributed by atoms with E-state index in [1.54, 1.807) is 20.4 Å². The van der Waals surface area contributed by atoms with Crippen LogP contribution >= 0.6 is 0 Å². The van der Waals surface area contributed by atoms with Gasteiger partial charge in [0.1, 0.15) is 17.3 Å². The van der Waals surface area contributed by atoms with Gasteiger partial charge in [0.15, 0.2) is 0 Å². The molecule has 0 aliphatic carbocycles. The molecule has 0 bridgehead atoms. The molecular formula is C14H19N3O2. The Morgan fingerprint density at radius 2 is 1.89 bits per heavy atom. The SMILES string of the molecule is COc1cc(CNCCc2ncc[nH]2)cc(OC)c1. The fourth-order valence-corrected chi connectivity index (χ4v) is 1.84. The van der Waals surface area contributed by atoms with Crippen LogP contribution in [-0.4, -0.2) is 30.7 Å². The molecule has 19 heavy (non-hydrogen) atoms. The van der Waals surface area contributed by atoms with Crippen LogP contribution in [0.5, 0.6) is 11.5 Å². The van der Waals surface area contributed by atoms with E-state index in [1.807, 2.05) is 24.4 Å². The molecule has 102 valence electrons. The fraction of sp³-hybridized carbons (Fsp3) is 0.357. The number of ether oxygens (including phenoxy) is 2. The zero-order chi connectivity index (χ0) is 13.5. The first kappa shape index (κ1) is 13.4. The van der Waals surface area contributed by atoms with Crippen LogP contribution in [-0.2, 0) is 13.0 Å². The summed E-state index contributed by atoms with van der Waals surface area (Å²) in [5, 5.41) is 3.37. The molecule has 0 aliphatic rings. The Hall–Kier alpha value is -2.01. The van der Waals surface area contributed by atoms with Crippen LogP contribution in [0.1, 0.15) is 11.4 Å². The first-order chi connectivity index (χ1) is 9.31. The lowest BCUT2D eigenvalue weighted by Crippen LogP contribution is -2.17. The standard InChI is InChI=1S/C14H19N3O2/c1-18-12-7-11(8-13(9-12)19-2)10-15-4-3-14-16-5-6-17-14/h5-9,15H,3-4,10H2,1-2H3,(H,16,17). The summed E-state index contributed by atoms with van der Waals surface area (Å²) in [7, 11) is 3.31. The van der Waals surface area contributed by atoms with Gasteiger partial charge in [0.25, 0.3) is 0 Å². The maximum absolute atomic E-state index is 5.24. The molecular weight excluding hydrogens is 242 g/mol. The number of nitrogens with one attached hydrogen (secondary N) is 2. The van der Waals surface area contributed by atoms with Gasteiger partial charge in [0, 0.05) is 38.0 Å². The van der Waals surface area contributed by atoms with Crippen molar-refractivity contribution in [2.75, 3.05) is 20.8 Å². The van der Waals surface area contributed by atoms with E-state index < -0.39 is 0 Å². The maximum Gasteiger partial charge on any atom is 0.122 e. The van der Waals surface area contributed by atoms with Crippen molar-refractivity contribution < 1.29 is 9.47 Å². The molecule has 0 atom stereocenters. The second-order valence-electron chi connectivity index (χ2n) is 4.18. The van der Waals surface area contributed by atoms with Gasteiger partial charge in [0.05, 0.1) is 14.2 Å². The van der Waals surface area contributed by atoms with Crippen molar-refractivity contribution >= 4 is 0 Å². The van der Waals surface area contributed by atoms with E-state index in [-0.39, 0.29) is 0 Å². The number of benzene rings is 1. The first-order valence-electron chi connectivity index (χ1n) is 6.22. The van der Waals surface area contributed by atoms with Crippen LogP contribution in [0.3, 0.4) is 0 Å². The summed E-state index contributed by atoms with van der Waals surface area (Å²) in [6.45, 7) is 1.64. The third-order valence-corrected chi connectivity index (χ3v) is 2.83. The van der Waals surface area contributed by atoms with Gasteiger partial charge in [0.2, 0.25) is 0 Å². The predicted molar refractivity (Wildman–Crippen MR) is 73.5 cm³/mol. The lowest BCUT2D eigenvalue weighted by Gasteiger charge is -2.09. The minimum atomic E-state index is 0.772. The number of methoxy groups -OCH3 is 2. The average Bonchev–Trinajstić information content (AvgIpc) is 2.96. The van der Waals surface area contributed by atoms with Gasteiger partial charge in [-0.05, 0) is 17.7 Å². The number of nitrogens with zero attached hydrogens (tertiary/aromatic N) is 1. The molecule has 2 N–H and O–H groups in total. The monoisotopic (exact) mass is 261 g/mol. The molecule has 0 aliphatic heterocycles. The Morgan fingerprint density at radius 3 is 2.47 bits per heavy atom. The quantitative estimate of drug-likeness (QED) is 0.746. The molecule has 0 unspecified atom stereocenters. The van der Waals surface area contributed by atoms with E-state index in [0.29, 0.717) is 0 Å². The third kappa shape index (κ3) is 3.99. The van der Waals surface area contributed by atoms with Crippen LogP contribution in [0, 0.1) is 0 Å². The van der Waals surface area contributed by atoms with Crippen molar-refractivity contribution in [3.8, 4) is 11.5 Å². The average molecular weight is 261 g/mol. The van der Waals surface area contributed by atoms with E-state index >= 15 is 0 Å². The lowest BCUT2D eigenvalue weighted by atomic mass is 10.2. The zero-order valence-corrected chi connectivity index (χ0v) is 11.3. The fourth-order valence-electron chi connectivity index (χ4n) is 1.84. The van der Waals surface area contributed by atoms with Crippen LogP contribution in [0.15, 0.2) is 30.6 Å². The number of aromatic amines is 1. The van der Waals surface area contributed by atoms with Crippen molar-refractivity contribution in [3.05, 3.63) is 42.0 Å². The minimum absolute atomic E-state index is 0.772. The number of H-pyrrole nitrogens is 1. The molecule has 0 radical (unpaired) electrons. The number of hydrogen-bond donors (Lipinski definition) is 2. The minimum Gasteiger partial charge on any atom is -0.497 e. The van der Waals surface area contributed by atoms with E-state index in [2.05, 4.69) is 15.3 Å². The molecule has 0 saturated heterocycles. The van der Waals surface area contributed by atoms with E-state index in [4.69, 9.17) is 9.47 Å². The zero-order valence-electron chi connectivity index (χ0n) is 11.3. The Bertz CT molecular complexity index is 475. The highest BCUT2D eigenvalue weighted by atomic mass is 16.5. The predicted octanol–water partition coefficient (Wildman–Crippen LogP) is 1.76. The molecule has 0 saturated carbocycles. The highest BCUT2D eigenvalue weighted by Crippen LogP contribution is 2.22. The Balaban J connectivity index is 1.84. The largest absolute Gasteiger partial charge is 0.497 e. The van der Waals surface area contributed by atoms with Gasteiger partial charge in [-0.2, -0.15) is 0 Å². The molecule has 0 fully saturated rings. The van der Waals surface area contributed by atoms with Crippen molar-refractivity contribution in [2.24, 2.45) is 0 Å². The maximum atomic E-state index is 5.24. The van der Waals surface area contributed by atoms with Gasteiger partial charge in [-0.3, -0.25) is 0 Å². The van der Waals surface area contributed by atoms with Crippen molar-refractivity contribution in [3.63, 3.8) is 0 Å². The molecule has 2 rings (SSSR count). The van der Waals surface area contributed by atoms with Crippen LogP contribution < -0.4 is 14.8 Å². The molecule has 1 heterocycles. The molecule has 0 amide bonds. The second-order valence-corrected chi connectivity index (χ2v) is 4.18. The van der Waals surface area contributed by atoms with Crippen molar-refractivity contribution in [1.82, 2.24) is 15.3 Å². The van der Waals surface area contributed by atoms with Crippen LogP contribution in [0.25, 0.3) is 0 Å². The van der Waals surface area contributed by atoms with E-state index in [0.717, 1.165) is 42.4 Å². The van der Waals surface area contributed by atoms with Crippen molar-refractivity contribution in [1.29, 1.82) is 0 Å². The Morgan fingerprint density at radius 1 is 1.16 bits per heavy atom. The van der Waals surface area contributed by atoms with Crippen molar-refractivity contribution in [2.45, 2.75) is 13.0 Å². The highest BCUT2D eigenvalue weighted by Gasteiger charge is 2.02. The summed E-state index contributed by atoms with van der Waals surface area (Å²) >= 11 is 0. The molecule has 0 spiro atoms. The second kappa shape index (κ2) is 6.80. The normalized spacial score (nSPS) is 10.4. The van der Waals surface area contributed by atoms with Gasteiger partial charge in [-0.1, -0.05) is 0 Å². The van der Waals surface area contributed by atoms with Gasteiger partial charge in [-0.25, -0.2) is 4.98 Å². The Kier molecular flexibility index (Phi) is 4.80. The summed E-state index contributed by atoms with van der Waals surface area (Å²) in [6, 6.07) is 5.87. The van der Waals surface area contributed by atoms with Gasteiger partial charge >= 0.3 is 0 Å². The van der Waals surface area contributed by atoms with E-state index in [9.17, 15) is 0 Å². The summed E-state index contributed by atoms with van der Waals surface area (Å²) < 4.78 is 10.5. The first-order valence-corrected chi connectivity index (χ1v) is 6.22. The summed E-state index contributed by atoms with van der Waals surface area (Å²) in [6.07, 6.45) is 4.48. The molecule has 5 heteroatoms. The van der Waals surface area contributed by atoms with Crippen LogP contribution in [0.4, 0.5) is 0 Å². The topological polar surface area (TPSA) is 59.2 Å². The smallest absolute Gasteiger partial charge is 0.122 e. The highest BCUT2D eigenvalue weighted by molar-refractivity contribution is 5.38. The molecule has 1 aromatic heterocycles. The molecule has 1 aromatic carbocycles. The van der Waals surface area contributed by atoms with Gasteiger partial charge < -0.3 is 19.8 Å². The molecule has 5 nitrogen and oxygen atoms in total. The molecule has 2 aromatic rings. The summed E-state index contributed by atoms with van der Waals surface area (Å²) in [5.41, 5.74) is 1.13. The third-order valence-electron chi connectivity index (χ3n) is 2.83. The van der Waals surface area contributed by atoms with Gasteiger partial charge in [-0.15, -0.1) is 0 Å². The number of aromatic nitrogens is 2. The number of hydrogen-bond acceptors (Lipinski definition) is 4. The van der Waals surface area contributed by atoms with Crippen LogP contribution in [0.2, 0.25) is 0 Å². The summed E-state index contributed by atoms with van der Waals surface area (Å²) in [4.78, 5) is 7.26. The summed E-state index contributed by atoms with van der Waals surface area (Å²) in [5.74, 6) is 2.61.